The Hall–Kier alpha value is -0.610. The van der Waals surface area contributed by atoms with Gasteiger partial charge in [-0.05, 0) is 45.6 Å². The van der Waals surface area contributed by atoms with E-state index in [1.807, 2.05) is 6.92 Å². The fourth-order valence-corrected chi connectivity index (χ4v) is 2.01. The second kappa shape index (κ2) is 8.48. The summed E-state index contributed by atoms with van der Waals surface area (Å²) in [6, 6.07) is -0.0916. The van der Waals surface area contributed by atoms with E-state index in [-0.39, 0.29) is 11.9 Å². The highest BCUT2D eigenvalue weighted by atomic mass is 16.5. The van der Waals surface area contributed by atoms with Crippen molar-refractivity contribution in [2.75, 3.05) is 19.7 Å². The fraction of sp³-hybridized carbons (Fsp3) is 0.923. The van der Waals surface area contributed by atoms with Crippen molar-refractivity contribution in [2.45, 2.75) is 58.1 Å². The number of hydrogen-bond acceptors (Lipinski definition) is 3. The van der Waals surface area contributed by atoms with Crippen molar-refractivity contribution < 1.29 is 9.53 Å². The summed E-state index contributed by atoms with van der Waals surface area (Å²) in [6.45, 7) is 6.55. The number of ether oxygens (including phenoxy) is 1. The molecule has 0 aromatic carbocycles. The molecule has 0 aromatic heterocycles. The minimum Gasteiger partial charge on any atom is -0.378 e. The third-order valence-electron chi connectivity index (χ3n) is 3.12. The van der Waals surface area contributed by atoms with Crippen molar-refractivity contribution in [2.24, 2.45) is 0 Å². The Morgan fingerprint density at radius 2 is 2.29 bits per heavy atom. The summed E-state index contributed by atoms with van der Waals surface area (Å²) >= 11 is 0. The molecule has 4 heteroatoms. The lowest BCUT2D eigenvalue weighted by atomic mass is 10.1. The van der Waals surface area contributed by atoms with E-state index in [0.29, 0.717) is 6.10 Å². The van der Waals surface area contributed by atoms with Crippen LogP contribution in [-0.2, 0) is 9.53 Å². The lowest BCUT2D eigenvalue weighted by Gasteiger charge is -2.14. The summed E-state index contributed by atoms with van der Waals surface area (Å²) in [5.41, 5.74) is 0. The van der Waals surface area contributed by atoms with E-state index in [1.54, 1.807) is 0 Å². The molecule has 0 bridgehead atoms. The molecular weight excluding hydrogens is 216 g/mol. The van der Waals surface area contributed by atoms with Crippen LogP contribution in [0.15, 0.2) is 0 Å². The van der Waals surface area contributed by atoms with Crippen LogP contribution in [0.2, 0.25) is 0 Å². The average Bonchev–Trinajstić information content (AvgIpc) is 2.84. The van der Waals surface area contributed by atoms with E-state index in [1.165, 1.54) is 12.8 Å². The molecule has 4 nitrogen and oxygen atoms in total. The van der Waals surface area contributed by atoms with Crippen LogP contribution >= 0.6 is 0 Å². The van der Waals surface area contributed by atoms with Gasteiger partial charge in [0.05, 0.1) is 12.1 Å². The number of carbonyl (C=O) groups excluding carboxylic acids is 1. The molecule has 1 amide bonds. The Labute approximate surface area is 104 Å². The number of nitrogens with one attached hydrogen (secondary N) is 2. The van der Waals surface area contributed by atoms with Crippen LogP contribution in [0.1, 0.15) is 46.0 Å². The summed E-state index contributed by atoms with van der Waals surface area (Å²) in [4.78, 5) is 11.6. The first-order chi connectivity index (χ1) is 8.24. The first kappa shape index (κ1) is 14.5. The van der Waals surface area contributed by atoms with Gasteiger partial charge in [-0.15, -0.1) is 0 Å². The Morgan fingerprint density at radius 3 is 2.94 bits per heavy atom. The van der Waals surface area contributed by atoms with Crippen molar-refractivity contribution in [3.63, 3.8) is 0 Å². The summed E-state index contributed by atoms with van der Waals surface area (Å²) in [7, 11) is 0. The highest BCUT2D eigenvalue weighted by Gasteiger charge is 2.15. The molecule has 0 spiro atoms. The van der Waals surface area contributed by atoms with Crippen LogP contribution in [0.25, 0.3) is 0 Å². The third-order valence-corrected chi connectivity index (χ3v) is 3.12. The summed E-state index contributed by atoms with van der Waals surface area (Å²) in [6.07, 6.45) is 6.03. The van der Waals surface area contributed by atoms with Crippen molar-refractivity contribution >= 4 is 5.91 Å². The van der Waals surface area contributed by atoms with Crippen LogP contribution in [0.4, 0.5) is 0 Å². The van der Waals surface area contributed by atoms with E-state index in [4.69, 9.17) is 4.74 Å². The van der Waals surface area contributed by atoms with Gasteiger partial charge in [0.2, 0.25) is 5.91 Å². The normalized spacial score (nSPS) is 21.4. The molecular formula is C13H26N2O2. The number of rotatable bonds is 8. The van der Waals surface area contributed by atoms with Crippen molar-refractivity contribution in [3.05, 3.63) is 0 Å². The smallest absolute Gasteiger partial charge is 0.236 e. The molecule has 0 aromatic rings. The van der Waals surface area contributed by atoms with Gasteiger partial charge in [-0.1, -0.05) is 6.92 Å². The first-order valence-corrected chi connectivity index (χ1v) is 6.86. The van der Waals surface area contributed by atoms with Crippen LogP contribution in [0, 0.1) is 0 Å². The maximum absolute atomic E-state index is 11.6. The van der Waals surface area contributed by atoms with Crippen molar-refractivity contribution in [3.8, 4) is 0 Å². The van der Waals surface area contributed by atoms with Crippen molar-refractivity contribution in [1.82, 2.24) is 10.6 Å². The Morgan fingerprint density at radius 1 is 1.47 bits per heavy atom. The molecule has 100 valence electrons. The standard InChI is InChI=1S/C13H26N2O2/c1-3-8-15-13(16)11(2)14-9-4-6-12-7-5-10-17-12/h11-12,14H,3-10H2,1-2H3,(H,15,16). The fourth-order valence-electron chi connectivity index (χ4n) is 2.01. The number of carbonyl (C=O) groups is 1. The topological polar surface area (TPSA) is 50.4 Å². The van der Waals surface area contributed by atoms with E-state index in [9.17, 15) is 4.79 Å². The van der Waals surface area contributed by atoms with Gasteiger partial charge < -0.3 is 15.4 Å². The zero-order valence-corrected chi connectivity index (χ0v) is 11.1. The molecule has 0 radical (unpaired) electrons. The van der Waals surface area contributed by atoms with Crippen LogP contribution < -0.4 is 10.6 Å². The Kier molecular flexibility index (Phi) is 7.21. The molecule has 1 aliphatic heterocycles. The molecule has 0 saturated carbocycles. The zero-order valence-electron chi connectivity index (χ0n) is 11.1. The number of amides is 1. The Bertz CT molecular complexity index is 215. The monoisotopic (exact) mass is 242 g/mol. The van der Waals surface area contributed by atoms with Gasteiger partial charge in [-0.25, -0.2) is 0 Å². The van der Waals surface area contributed by atoms with Crippen LogP contribution in [-0.4, -0.2) is 37.7 Å². The molecule has 2 atom stereocenters. The van der Waals surface area contributed by atoms with Gasteiger partial charge >= 0.3 is 0 Å². The van der Waals surface area contributed by atoms with E-state index in [2.05, 4.69) is 17.6 Å². The minimum absolute atomic E-state index is 0.0916. The summed E-state index contributed by atoms with van der Waals surface area (Å²) in [5.74, 6) is 0.101. The maximum atomic E-state index is 11.6. The van der Waals surface area contributed by atoms with Gasteiger partial charge in [0.25, 0.3) is 0 Å². The molecule has 2 N–H and O–H groups in total. The molecule has 1 saturated heterocycles. The lowest BCUT2D eigenvalue weighted by Crippen LogP contribution is -2.42. The molecule has 1 heterocycles. The molecule has 1 fully saturated rings. The predicted octanol–water partition coefficient (Wildman–Crippen LogP) is 1.45. The third kappa shape index (κ3) is 6.03. The second-order valence-corrected chi connectivity index (χ2v) is 4.74. The minimum atomic E-state index is -0.0916. The van der Waals surface area contributed by atoms with E-state index < -0.39 is 0 Å². The highest BCUT2D eigenvalue weighted by molar-refractivity contribution is 5.81. The van der Waals surface area contributed by atoms with Gasteiger partial charge in [0.15, 0.2) is 0 Å². The quantitative estimate of drug-likeness (QED) is 0.633. The second-order valence-electron chi connectivity index (χ2n) is 4.74. The summed E-state index contributed by atoms with van der Waals surface area (Å²) in [5, 5.41) is 6.14. The SMILES string of the molecule is CCCNC(=O)C(C)NCCCC1CCCO1. The lowest BCUT2D eigenvalue weighted by molar-refractivity contribution is -0.122. The van der Waals surface area contributed by atoms with Gasteiger partial charge in [-0.3, -0.25) is 4.79 Å². The molecule has 17 heavy (non-hydrogen) atoms. The average molecular weight is 242 g/mol. The first-order valence-electron chi connectivity index (χ1n) is 6.86. The summed E-state index contributed by atoms with van der Waals surface area (Å²) < 4.78 is 5.55. The van der Waals surface area contributed by atoms with E-state index in [0.717, 1.165) is 39.0 Å². The Balaban J connectivity index is 1.98. The maximum Gasteiger partial charge on any atom is 0.236 e. The predicted molar refractivity (Wildman–Crippen MR) is 69.0 cm³/mol. The molecule has 0 aliphatic carbocycles. The zero-order chi connectivity index (χ0) is 12.5. The van der Waals surface area contributed by atoms with Gasteiger partial charge in [0, 0.05) is 13.2 Å². The van der Waals surface area contributed by atoms with Crippen LogP contribution in [0.3, 0.4) is 0 Å². The van der Waals surface area contributed by atoms with Crippen LogP contribution in [0.5, 0.6) is 0 Å². The van der Waals surface area contributed by atoms with E-state index >= 15 is 0 Å². The number of hydrogen-bond donors (Lipinski definition) is 2. The molecule has 1 aliphatic rings. The largest absolute Gasteiger partial charge is 0.378 e. The van der Waals surface area contributed by atoms with Gasteiger partial charge in [0.1, 0.15) is 0 Å². The molecule has 2 unspecified atom stereocenters. The highest BCUT2D eigenvalue weighted by Crippen LogP contribution is 2.16. The van der Waals surface area contributed by atoms with Crippen molar-refractivity contribution in [1.29, 1.82) is 0 Å². The molecule has 1 rings (SSSR count). The van der Waals surface area contributed by atoms with Gasteiger partial charge in [-0.2, -0.15) is 0 Å².